The summed E-state index contributed by atoms with van der Waals surface area (Å²) in [6, 6.07) is 29.1. The van der Waals surface area contributed by atoms with Gasteiger partial charge in [0.05, 0.1) is 13.3 Å². The molecule has 0 atom stereocenters. The fourth-order valence-electron chi connectivity index (χ4n) is 7.12. The average molecular weight is 856 g/mol. The molecular formula is C44H44N4O2Pt. The molecule has 0 N–H and O–H groups in total. The molecular weight excluding hydrogens is 812 g/mol. The van der Waals surface area contributed by atoms with Crippen molar-refractivity contribution in [3.8, 4) is 39.9 Å². The number of nitrogens with zero attached hydrogens (tertiary/aromatic N) is 4. The Balaban J connectivity index is 0.00000448. The standard InChI is InChI=1S/C44H44N4O2.Pt/c1-7-9-16-37-30(4)29(3)31(5)38(17-10-8-2)44(37)32-27-46-47(28-32)33-14-13-15-35(24-33)50-36-20-21-40-39-18-11-12-19-41(39)48(42(40)25-36)43-26-34(49-6)22-23-45-43;/h11-15,18-23,26-28H,7-10,16-17H2,1-6H3;/q-2;+2. The van der Waals surface area contributed by atoms with E-state index in [1.165, 1.54) is 59.1 Å². The average Bonchev–Trinajstić information content (AvgIpc) is 3.76. The molecule has 0 radical (unpaired) electrons. The zero-order valence-electron chi connectivity index (χ0n) is 30.2. The molecule has 0 aliphatic rings. The van der Waals surface area contributed by atoms with Crippen LogP contribution in [0.3, 0.4) is 0 Å². The van der Waals surface area contributed by atoms with Gasteiger partial charge in [-0.15, -0.1) is 35.7 Å². The SMILES string of the molecule is CCCCc1c(C)c(C)c(C)c(CCCC)c1-c1cnn(-c2[c-]c(Oc3[c-]c4c(cc3)c3ccccc3n4-c3cc(OC)ccn3)ccc2)c1.[Pt+2]. The van der Waals surface area contributed by atoms with E-state index in [1.807, 2.05) is 53.3 Å². The van der Waals surface area contributed by atoms with E-state index < -0.39 is 0 Å². The summed E-state index contributed by atoms with van der Waals surface area (Å²) in [5, 5.41) is 7.05. The van der Waals surface area contributed by atoms with Gasteiger partial charge in [-0.25, -0.2) is 4.98 Å². The Hall–Kier alpha value is -4.67. The van der Waals surface area contributed by atoms with Crippen molar-refractivity contribution in [2.45, 2.75) is 73.1 Å². The van der Waals surface area contributed by atoms with E-state index in [0.717, 1.165) is 57.5 Å². The molecule has 0 saturated carbocycles. The molecule has 262 valence electrons. The molecule has 0 spiro atoms. The predicted molar refractivity (Wildman–Crippen MR) is 203 cm³/mol. The zero-order chi connectivity index (χ0) is 34.8. The summed E-state index contributed by atoms with van der Waals surface area (Å²) in [5.41, 5.74) is 12.4. The first-order valence-electron chi connectivity index (χ1n) is 17.7. The number of hydrogen-bond donors (Lipinski definition) is 0. The number of pyridine rings is 1. The minimum atomic E-state index is 0. The number of para-hydroxylation sites is 1. The number of benzene rings is 4. The number of hydrogen-bond acceptors (Lipinski definition) is 4. The number of unbranched alkanes of at least 4 members (excludes halogenated alkanes) is 2. The molecule has 6 nitrogen and oxygen atoms in total. The van der Waals surface area contributed by atoms with E-state index in [4.69, 9.17) is 14.6 Å². The molecule has 0 saturated heterocycles. The van der Waals surface area contributed by atoms with Crippen molar-refractivity contribution in [2.75, 3.05) is 7.11 Å². The first-order valence-corrected chi connectivity index (χ1v) is 17.7. The molecule has 0 aliphatic heterocycles. The number of fused-ring (bicyclic) bond motifs is 3. The van der Waals surface area contributed by atoms with E-state index in [2.05, 4.69) is 86.8 Å². The van der Waals surface area contributed by atoms with Gasteiger partial charge >= 0.3 is 21.1 Å². The van der Waals surface area contributed by atoms with Gasteiger partial charge in [0.2, 0.25) is 0 Å². The molecule has 0 fully saturated rings. The Bertz CT molecular complexity index is 2280. The molecule has 7 aromatic rings. The Morgan fingerprint density at radius 3 is 2.22 bits per heavy atom. The maximum absolute atomic E-state index is 6.43. The van der Waals surface area contributed by atoms with Crippen LogP contribution >= 0.6 is 0 Å². The van der Waals surface area contributed by atoms with Crippen molar-refractivity contribution in [2.24, 2.45) is 0 Å². The summed E-state index contributed by atoms with van der Waals surface area (Å²) < 4.78 is 16.0. The third kappa shape index (κ3) is 6.99. The number of methoxy groups -OCH3 is 1. The molecule has 4 aromatic carbocycles. The first-order chi connectivity index (χ1) is 24.4. The summed E-state index contributed by atoms with van der Waals surface area (Å²) in [7, 11) is 1.66. The molecule has 51 heavy (non-hydrogen) atoms. The minimum Gasteiger partial charge on any atom is -0.509 e. The van der Waals surface area contributed by atoms with Crippen molar-refractivity contribution < 1.29 is 30.5 Å². The normalized spacial score (nSPS) is 11.3. The van der Waals surface area contributed by atoms with Gasteiger partial charge in [-0.1, -0.05) is 50.4 Å². The third-order valence-electron chi connectivity index (χ3n) is 10.0. The van der Waals surface area contributed by atoms with Crippen LogP contribution in [-0.2, 0) is 33.9 Å². The Labute approximate surface area is 315 Å². The second-order valence-electron chi connectivity index (χ2n) is 13.1. The van der Waals surface area contributed by atoms with Gasteiger partial charge in [-0.2, -0.15) is 17.2 Å². The number of ether oxygens (including phenoxy) is 2. The van der Waals surface area contributed by atoms with Crippen LogP contribution in [0, 0.1) is 32.9 Å². The van der Waals surface area contributed by atoms with Crippen LogP contribution in [-0.4, -0.2) is 26.4 Å². The van der Waals surface area contributed by atoms with Crippen LogP contribution in [0.4, 0.5) is 0 Å². The van der Waals surface area contributed by atoms with Gasteiger partial charge < -0.3 is 14.0 Å². The quantitative estimate of drug-likeness (QED) is 0.115. The van der Waals surface area contributed by atoms with E-state index in [1.54, 1.807) is 13.3 Å². The summed E-state index contributed by atoms with van der Waals surface area (Å²) in [6.07, 6.45) is 12.8. The summed E-state index contributed by atoms with van der Waals surface area (Å²) in [4.78, 5) is 4.67. The van der Waals surface area contributed by atoms with Gasteiger partial charge in [0.25, 0.3) is 0 Å². The van der Waals surface area contributed by atoms with Gasteiger partial charge in [0.15, 0.2) is 0 Å². The van der Waals surface area contributed by atoms with E-state index in [9.17, 15) is 0 Å². The van der Waals surface area contributed by atoms with Crippen LogP contribution in [0.5, 0.6) is 17.2 Å². The van der Waals surface area contributed by atoms with Gasteiger partial charge in [-0.3, -0.25) is 4.68 Å². The van der Waals surface area contributed by atoms with Crippen molar-refractivity contribution in [3.05, 3.63) is 125 Å². The fourth-order valence-corrected chi connectivity index (χ4v) is 7.12. The Kier molecular flexibility index (Phi) is 11.1. The third-order valence-corrected chi connectivity index (χ3v) is 10.0. The van der Waals surface area contributed by atoms with Crippen molar-refractivity contribution in [1.29, 1.82) is 0 Å². The zero-order valence-corrected chi connectivity index (χ0v) is 32.5. The molecule has 7 rings (SSSR count). The molecule has 0 amide bonds. The number of rotatable bonds is 12. The van der Waals surface area contributed by atoms with E-state index in [0.29, 0.717) is 11.5 Å². The molecule has 3 aromatic heterocycles. The summed E-state index contributed by atoms with van der Waals surface area (Å²) in [5.74, 6) is 2.67. The van der Waals surface area contributed by atoms with Gasteiger partial charge in [0.1, 0.15) is 11.6 Å². The fraction of sp³-hybridized carbons (Fsp3) is 0.273. The molecule has 0 bridgehead atoms. The van der Waals surface area contributed by atoms with E-state index >= 15 is 0 Å². The smallest absolute Gasteiger partial charge is 0.509 e. The van der Waals surface area contributed by atoms with Crippen LogP contribution in [0.2, 0.25) is 0 Å². The minimum absolute atomic E-state index is 0. The second kappa shape index (κ2) is 15.7. The second-order valence-corrected chi connectivity index (χ2v) is 13.1. The van der Waals surface area contributed by atoms with E-state index in [-0.39, 0.29) is 21.1 Å². The maximum Gasteiger partial charge on any atom is 2.00 e. The van der Waals surface area contributed by atoms with Crippen LogP contribution in [0.1, 0.15) is 67.3 Å². The van der Waals surface area contributed by atoms with Crippen LogP contribution in [0.25, 0.3) is 44.4 Å². The molecule has 3 heterocycles. The topological polar surface area (TPSA) is 54.1 Å². The molecule has 0 aliphatic carbocycles. The van der Waals surface area contributed by atoms with Gasteiger partial charge in [-0.05, 0) is 103 Å². The predicted octanol–water partition coefficient (Wildman–Crippen LogP) is 11.0. The molecule has 0 unspecified atom stereocenters. The van der Waals surface area contributed by atoms with Crippen LogP contribution in [0.15, 0.2) is 85.3 Å². The van der Waals surface area contributed by atoms with Crippen molar-refractivity contribution >= 4 is 21.8 Å². The maximum atomic E-state index is 6.43. The number of aromatic nitrogens is 4. The first kappa shape index (κ1) is 36.1. The van der Waals surface area contributed by atoms with Crippen molar-refractivity contribution in [3.63, 3.8) is 0 Å². The largest absolute Gasteiger partial charge is 2.00 e. The van der Waals surface area contributed by atoms with Crippen molar-refractivity contribution in [1.82, 2.24) is 19.3 Å². The van der Waals surface area contributed by atoms with Crippen LogP contribution < -0.4 is 9.47 Å². The Morgan fingerprint density at radius 2 is 1.49 bits per heavy atom. The van der Waals surface area contributed by atoms with Gasteiger partial charge in [0, 0.05) is 41.0 Å². The Morgan fingerprint density at radius 1 is 0.765 bits per heavy atom. The monoisotopic (exact) mass is 855 g/mol. The molecule has 7 heteroatoms. The summed E-state index contributed by atoms with van der Waals surface area (Å²) >= 11 is 0. The summed E-state index contributed by atoms with van der Waals surface area (Å²) in [6.45, 7) is 11.4.